The first-order chi connectivity index (χ1) is 6.70. The largest absolute Gasteiger partial charge is 0.469 e. The Hall–Kier alpha value is -1.06. The number of hydrogen-bond donors (Lipinski definition) is 0. The first-order valence-electron chi connectivity index (χ1n) is 4.68. The third kappa shape index (κ3) is 7.58. The fraction of sp³-hybridized carbons (Fsp3) is 0.700. The molecular weight excluding hydrogens is 184 g/mol. The minimum Gasteiger partial charge on any atom is -0.469 e. The van der Waals surface area contributed by atoms with Crippen LogP contribution < -0.4 is 0 Å². The summed E-state index contributed by atoms with van der Waals surface area (Å²) in [5.41, 5.74) is 0. The molecule has 0 unspecified atom stereocenters. The molecule has 0 fully saturated rings. The van der Waals surface area contributed by atoms with E-state index in [9.17, 15) is 9.59 Å². The van der Waals surface area contributed by atoms with Crippen molar-refractivity contribution >= 4 is 11.9 Å². The second kappa shape index (κ2) is 8.53. The van der Waals surface area contributed by atoms with Gasteiger partial charge in [0, 0.05) is 6.42 Å². The number of hydrogen-bond acceptors (Lipinski definition) is 4. The molecule has 0 saturated carbocycles. The van der Waals surface area contributed by atoms with E-state index in [1.165, 1.54) is 20.6 Å². The molecule has 14 heavy (non-hydrogen) atoms. The molecule has 0 spiro atoms. The van der Waals surface area contributed by atoms with Gasteiger partial charge in [-0.05, 0) is 12.8 Å². The molecule has 0 bridgehead atoms. The van der Waals surface area contributed by atoms with Gasteiger partial charge in [-0.25, -0.2) is 0 Å². The molecule has 0 atom stereocenters. The fourth-order valence-electron chi connectivity index (χ4n) is 0.996. The van der Waals surface area contributed by atoms with E-state index in [1.807, 2.05) is 0 Å². The summed E-state index contributed by atoms with van der Waals surface area (Å²) >= 11 is 0. The van der Waals surface area contributed by atoms with Crippen molar-refractivity contribution in [3.63, 3.8) is 0 Å². The lowest BCUT2D eigenvalue weighted by molar-refractivity contribution is -0.141. The summed E-state index contributed by atoms with van der Waals surface area (Å²) in [5, 5.41) is 0. The zero-order valence-electron chi connectivity index (χ0n) is 8.75. The molecule has 0 saturated heterocycles. The van der Waals surface area contributed by atoms with Gasteiger partial charge in [-0.3, -0.25) is 9.59 Å². The molecular formula is C10H17O4. The van der Waals surface area contributed by atoms with Crippen LogP contribution in [0.5, 0.6) is 0 Å². The van der Waals surface area contributed by atoms with Crippen LogP contribution in [0.3, 0.4) is 0 Å². The monoisotopic (exact) mass is 201 g/mol. The minimum absolute atomic E-state index is 0.179. The van der Waals surface area contributed by atoms with Crippen LogP contribution in [-0.4, -0.2) is 26.2 Å². The molecule has 0 aliphatic rings. The molecule has 0 aromatic heterocycles. The summed E-state index contributed by atoms with van der Waals surface area (Å²) in [6.45, 7) is 0. The Morgan fingerprint density at radius 1 is 1.07 bits per heavy atom. The molecule has 0 rings (SSSR count). The van der Waals surface area contributed by atoms with Gasteiger partial charge < -0.3 is 9.47 Å². The van der Waals surface area contributed by atoms with Crippen molar-refractivity contribution in [1.29, 1.82) is 0 Å². The topological polar surface area (TPSA) is 52.6 Å². The highest BCUT2D eigenvalue weighted by Crippen LogP contribution is 2.05. The van der Waals surface area contributed by atoms with Crippen molar-refractivity contribution < 1.29 is 19.1 Å². The van der Waals surface area contributed by atoms with Crippen molar-refractivity contribution in [3.8, 4) is 0 Å². The van der Waals surface area contributed by atoms with Crippen LogP contribution in [0, 0.1) is 6.42 Å². The highest BCUT2D eigenvalue weighted by molar-refractivity contribution is 5.78. The summed E-state index contributed by atoms with van der Waals surface area (Å²) < 4.78 is 8.94. The molecule has 0 aromatic rings. The summed E-state index contributed by atoms with van der Waals surface area (Å²) in [5.74, 6) is -0.472. The van der Waals surface area contributed by atoms with E-state index < -0.39 is 0 Å². The van der Waals surface area contributed by atoms with Crippen LogP contribution in [0.25, 0.3) is 0 Å². The molecule has 0 aliphatic heterocycles. The lowest BCUT2D eigenvalue weighted by Crippen LogP contribution is -2.01. The maximum Gasteiger partial charge on any atom is 0.309 e. The van der Waals surface area contributed by atoms with Gasteiger partial charge in [-0.15, -0.1) is 0 Å². The average Bonchev–Trinajstić information content (AvgIpc) is 2.22. The molecule has 0 N–H and O–H groups in total. The van der Waals surface area contributed by atoms with Gasteiger partial charge in [0.15, 0.2) is 0 Å². The number of esters is 2. The van der Waals surface area contributed by atoms with E-state index in [4.69, 9.17) is 0 Å². The summed E-state index contributed by atoms with van der Waals surface area (Å²) in [6.07, 6.45) is 5.29. The minimum atomic E-state index is -0.294. The highest BCUT2D eigenvalue weighted by atomic mass is 16.5. The van der Waals surface area contributed by atoms with E-state index in [-0.39, 0.29) is 11.9 Å². The first kappa shape index (κ1) is 12.9. The number of methoxy groups -OCH3 is 2. The van der Waals surface area contributed by atoms with Gasteiger partial charge in [0.05, 0.1) is 20.6 Å². The lowest BCUT2D eigenvalue weighted by Gasteiger charge is -2.00. The van der Waals surface area contributed by atoms with E-state index >= 15 is 0 Å². The first-order valence-corrected chi connectivity index (χ1v) is 4.68. The SMILES string of the molecule is COC(=O)[CH]CCCCCC(=O)OC. The summed E-state index contributed by atoms with van der Waals surface area (Å²) in [7, 11) is 2.74. The lowest BCUT2D eigenvalue weighted by atomic mass is 10.1. The zero-order chi connectivity index (χ0) is 10.8. The molecule has 4 heteroatoms. The van der Waals surface area contributed by atoms with Gasteiger partial charge in [0.25, 0.3) is 0 Å². The van der Waals surface area contributed by atoms with E-state index in [1.54, 1.807) is 0 Å². The maximum absolute atomic E-state index is 10.7. The summed E-state index contributed by atoms with van der Waals surface area (Å²) in [6, 6.07) is 0. The second-order valence-corrected chi connectivity index (χ2v) is 2.90. The van der Waals surface area contributed by atoms with E-state index in [2.05, 4.69) is 9.47 Å². The summed E-state index contributed by atoms with van der Waals surface area (Å²) in [4.78, 5) is 21.3. The van der Waals surface area contributed by atoms with Crippen molar-refractivity contribution in [2.45, 2.75) is 32.1 Å². The van der Waals surface area contributed by atoms with Crippen molar-refractivity contribution in [1.82, 2.24) is 0 Å². The third-order valence-corrected chi connectivity index (χ3v) is 1.82. The van der Waals surface area contributed by atoms with Gasteiger partial charge in [0.2, 0.25) is 0 Å². The molecule has 4 nitrogen and oxygen atoms in total. The zero-order valence-corrected chi connectivity index (χ0v) is 8.75. The molecule has 81 valence electrons. The normalized spacial score (nSPS) is 9.57. The van der Waals surface area contributed by atoms with Crippen LogP contribution in [0.2, 0.25) is 0 Å². The number of ether oxygens (including phenoxy) is 2. The molecule has 0 heterocycles. The van der Waals surface area contributed by atoms with Crippen molar-refractivity contribution in [3.05, 3.63) is 6.42 Å². The van der Waals surface area contributed by atoms with E-state index in [0.717, 1.165) is 19.3 Å². The predicted molar refractivity (Wildman–Crippen MR) is 51.4 cm³/mol. The van der Waals surface area contributed by atoms with Gasteiger partial charge in [-0.1, -0.05) is 12.8 Å². The average molecular weight is 201 g/mol. The molecule has 0 amide bonds. The second-order valence-electron chi connectivity index (χ2n) is 2.90. The Labute approximate surface area is 84.6 Å². The smallest absolute Gasteiger partial charge is 0.309 e. The van der Waals surface area contributed by atoms with Crippen LogP contribution in [0.15, 0.2) is 0 Å². The van der Waals surface area contributed by atoms with Crippen LogP contribution in [-0.2, 0) is 19.1 Å². The standard InChI is InChI=1S/C10H17O4/c1-13-9(11)7-5-3-4-6-8-10(12)14-2/h7H,3-6,8H2,1-2H3. The van der Waals surface area contributed by atoms with Gasteiger partial charge >= 0.3 is 11.9 Å². The number of carbonyl (C=O) groups is 2. The predicted octanol–water partition coefficient (Wildman–Crippen LogP) is 1.49. The quantitative estimate of drug-likeness (QED) is 0.462. The number of carbonyl (C=O) groups excluding carboxylic acids is 2. The Morgan fingerprint density at radius 3 is 2.36 bits per heavy atom. The van der Waals surface area contributed by atoms with Crippen LogP contribution in [0.4, 0.5) is 0 Å². The highest BCUT2D eigenvalue weighted by Gasteiger charge is 2.01. The van der Waals surface area contributed by atoms with Crippen molar-refractivity contribution in [2.24, 2.45) is 0 Å². The molecule has 1 radical (unpaired) electrons. The fourth-order valence-corrected chi connectivity index (χ4v) is 0.996. The molecule has 0 aromatic carbocycles. The van der Waals surface area contributed by atoms with Crippen LogP contribution in [0.1, 0.15) is 32.1 Å². The number of rotatable bonds is 7. The Kier molecular flexibility index (Phi) is 7.89. The Balaban J connectivity index is 3.14. The van der Waals surface area contributed by atoms with Crippen LogP contribution >= 0.6 is 0 Å². The van der Waals surface area contributed by atoms with Crippen molar-refractivity contribution in [2.75, 3.05) is 14.2 Å². The van der Waals surface area contributed by atoms with E-state index in [0.29, 0.717) is 12.8 Å². The maximum atomic E-state index is 10.7. The van der Waals surface area contributed by atoms with Gasteiger partial charge in [0.1, 0.15) is 0 Å². The van der Waals surface area contributed by atoms with Gasteiger partial charge in [-0.2, -0.15) is 0 Å². The number of unbranched alkanes of at least 4 members (excludes halogenated alkanes) is 3. The molecule has 0 aliphatic carbocycles. The Bertz CT molecular complexity index is 157. The Morgan fingerprint density at radius 2 is 1.79 bits per heavy atom. The third-order valence-electron chi connectivity index (χ3n) is 1.82.